The lowest BCUT2D eigenvalue weighted by Crippen LogP contribution is -2.37. The van der Waals surface area contributed by atoms with E-state index in [9.17, 15) is 4.79 Å². The number of hydrogen-bond acceptors (Lipinski definition) is 1. The Bertz CT molecular complexity index is 396. The van der Waals surface area contributed by atoms with E-state index in [4.69, 9.17) is 0 Å². The van der Waals surface area contributed by atoms with Crippen molar-refractivity contribution in [2.75, 3.05) is 0 Å². The lowest BCUT2D eigenvalue weighted by molar-refractivity contribution is -0.121. The molecule has 17 heavy (non-hydrogen) atoms. The van der Waals surface area contributed by atoms with Crippen molar-refractivity contribution < 1.29 is 4.79 Å². The van der Waals surface area contributed by atoms with Crippen molar-refractivity contribution in [1.82, 2.24) is 5.32 Å². The van der Waals surface area contributed by atoms with Gasteiger partial charge in [0.25, 0.3) is 0 Å². The van der Waals surface area contributed by atoms with E-state index >= 15 is 0 Å². The first kappa shape index (κ1) is 13.8. The first-order chi connectivity index (χ1) is 7.90. The smallest absolute Gasteiger partial charge is 0.224 e. The van der Waals surface area contributed by atoms with E-state index in [1.165, 1.54) is 11.1 Å². The van der Waals surface area contributed by atoms with Crippen molar-refractivity contribution in [2.24, 2.45) is 5.92 Å². The average molecular weight is 233 g/mol. The molecule has 0 fully saturated rings. The molecule has 0 aromatic heterocycles. The molecule has 2 heteroatoms. The fourth-order valence-electron chi connectivity index (χ4n) is 1.57. The zero-order chi connectivity index (χ0) is 13.0. The summed E-state index contributed by atoms with van der Waals surface area (Å²) in [5.74, 6) is 0.577. The highest BCUT2D eigenvalue weighted by Crippen LogP contribution is 2.10. The Hall–Kier alpha value is -1.31. The number of carbonyl (C=O) groups is 1. The van der Waals surface area contributed by atoms with Crippen LogP contribution < -0.4 is 5.32 Å². The molecule has 0 bridgehead atoms. The Labute approximate surface area is 104 Å². The molecule has 1 rings (SSSR count). The van der Waals surface area contributed by atoms with Crippen LogP contribution in [0.5, 0.6) is 0 Å². The van der Waals surface area contributed by atoms with Crippen LogP contribution in [0.2, 0.25) is 0 Å². The highest BCUT2D eigenvalue weighted by atomic mass is 16.1. The van der Waals surface area contributed by atoms with E-state index < -0.39 is 0 Å². The van der Waals surface area contributed by atoms with E-state index in [1.54, 1.807) is 0 Å². The maximum Gasteiger partial charge on any atom is 0.224 e. The Balaban J connectivity index is 2.59. The van der Waals surface area contributed by atoms with Gasteiger partial charge in [-0.3, -0.25) is 4.79 Å². The molecule has 0 aliphatic rings. The van der Waals surface area contributed by atoms with Gasteiger partial charge in [-0.1, -0.05) is 32.0 Å². The Kier molecular flexibility index (Phi) is 4.73. The molecule has 2 nitrogen and oxygen atoms in total. The summed E-state index contributed by atoms with van der Waals surface area (Å²) in [6.45, 7) is 10.4. The van der Waals surface area contributed by atoms with Gasteiger partial charge in [0, 0.05) is 6.04 Å². The summed E-state index contributed by atoms with van der Waals surface area (Å²) in [5.41, 5.74) is 3.60. The molecule has 0 saturated heterocycles. The van der Waals surface area contributed by atoms with E-state index in [2.05, 4.69) is 45.1 Å². The molecule has 0 radical (unpaired) electrons. The van der Waals surface area contributed by atoms with Gasteiger partial charge in [-0.2, -0.15) is 0 Å². The Morgan fingerprint density at radius 1 is 1.18 bits per heavy atom. The highest BCUT2D eigenvalue weighted by molar-refractivity contribution is 5.78. The molecule has 0 unspecified atom stereocenters. The van der Waals surface area contributed by atoms with Crippen LogP contribution >= 0.6 is 0 Å². The van der Waals surface area contributed by atoms with Crippen molar-refractivity contribution in [3.63, 3.8) is 0 Å². The molecular formula is C15H23NO. The number of amides is 1. The summed E-state index contributed by atoms with van der Waals surface area (Å²) in [4.78, 5) is 11.8. The van der Waals surface area contributed by atoms with Crippen LogP contribution in [0.15, 0.2) is 18.2 Å². The fraction of sp³-hybridized carbons (Fsp3) is 0.533. The van der Waals surface area contributed by atoms with Crippen LogP contribution in [0.4, 0.5) is 0 Å². The molecule has 0 spiro atoms. The molecule has 0 aliphatic carbocycles. The van der Waals surface area contributed by atoms with Gasteiger partial charge < -0.3 is 5.32 Å². The fourth-order valence-corrected chi connectivity index (χ4v) is 1.57. The molecule has 0 aliphatic heterocycles. The molecule has 1 aromatic carbocycles. The predicted octanol–water partition coefficient (Wildman–Crippen LogP) is 3.01. The van der Waals surface area contributed by atoms with Crippen molar-refractivity contribution in [2.45, 2.75) is 47.1 Å². The van der Waals surface area contributed by atoms with Gasteiger partial charge in [0.05, 0.1) is 6.42 Å². The summed E-state index contributed by atoms with van der Waals surface area (Å²) in [6, 6.07) is 6.43. The van der Waals surface area contributed by atoms with Crippen LogP contribution in [0.3, 0.4) is 0 Å². The van der Waals surface area contributed by atoms with Gasteiger partial charge >= 0.3 is 0 Å². The number of rotatable bonds is 4. The zero-order valence-electron chi connectivity index (χ0n) is 11.5. The van der Waals surface area contributed by atoms with E-state index in [1.807, 2.05) is 13.0 Å². The van der Waals surface area contributed by atoms with Crippen LogP contribution in [0.1, 0.15) is 37.5 Å². The van der Waals surface area contributed by atoms with Crippen LogP contribution in [-0.4, -0.2) is 11.9 Å². The van der Waals surface area contributed by atoms with Gasteiger partial charge in [-0.25, -0.2) is 0 Å². The highest BCUT2D eigenvalue weighted by Gasteiger charge is 2.11. The number of nitrogens with one attached hydrogen (secondary N) is 1. The largest absolute Gasteiger partial charge is 0.353 e. The number of aryl methyl sites for hydroxylation is 2. The average Bonchev–Trinajstić information content (AvgIpc) is 2.23. The summed E-state index contributed by atoms with van der Waals surface area (Å²) in [5, 5.41) is 3.02. The normalized spacial score (nSPS) is 12.6. The van der Waals surface area contributed by atoms with Gasteiger partial charge in [-0.15, -0.1) is 0 Å². The van der Waals surface area contributed by atoms with Crippen molar-refractivity contribution in [1.29, 1.82) is 0 Å². The summed E-state index contributed by atoms with van der Waals surface area (Å²) < 4.78 is 0. The van der Waals surface area contributed by atoms with Gasteiger partial charge in [0.2, 0.25) is 5.91 Å². The maximum atomic E-state index is 11.8. The second-order valence-electron chi connectivity index (χ2n) is 5.20. The number of hydrogen-bond donors (Lipinski definition) is 1. The van der Waals surface area contributed by atoms with E-state index in [0.717, 1.165) is 5.56 Å². The third-order valence-corrected chi connectivity index (χ3v) is 3.32. The van der Waals surface area contributed by atoms with Crippen LogP contribution in [0.25, 0.3) is 0 Å². The lowest BCUT2D eigenvalue weighted by Gasteiger charge is -2.17. The molecule has 1 amide bonds. The first-order valence-corrected chi connectivity index (χ1v) is 6.25. The Morgan fingerprint density at radius 2 is 1.82 bits per heavy atom. The summed E-state index contributed by atoms with van der Waals surface area (Å²) >= 11 is 0. The second kappa shape index (κ2) is 5.85. The molecule has 1 aromatic rings. The Morgan fingerprint density at radius 3 is 2.35 bits per heavy atom. The van der Waals surface area contributed by atoms with E-state index in [-0.39, 0.29) is 11.9 Å². The minimum atomic E-state index is 0.106. The van der Waals surface area contributed by atoms with Gasteiger partial charge in [0.15, 0.2) is 0 Å². The predicted molar refractivity (Wildman–Crippen MR) is 72.1 cm³/mol. The monoisotopic (exact) mass is 233 g/mol. The number of carbonyl (C=O) groups excluding carboxylic acids is 1. The third kappa shape index (κ3) is 4.22. The summed E-state index contributed by atoms with van der Waals surface area (Å²) in [7, 11) is 0. The van der Waals surface area contributed by atoms with E-state index in [0.29, 0.717) is 12.3 Å². The van der Waals surface area contributed by atoms with Crippen molar-refractivity contribution in [3.8, 4) is 0 Å². The molecule has 1 N–H and O–H groups in total. The second-order valence-corrected chi connectivity index (χ2v) is 5.20. The third-order valence-electron chi connectivity index (χ3n) is 3.32. The van der Waals surface area contributed by atoms with Crippen LogP contribution in [0, 0.1) is 19.8 Å². The van der Waals surface area contributed by atoms with Gasteiger partial charge in [0.1, 0.15) is 0 Å². The van der Waals surface area contributed by atoms with Crippen molar-refractivity contribution >= 4 is 5.91 Å². The SMILES string of the molecule is Cc1ccc(CC(=O)N[C@H](C)C(C)C)cc1C. The summed E-state index contributed by atoms with van der Waals surface area (Å²) in [6.07, 6.45) is 0.470. The topological polar surface area (TPSA) is 29.1 Å². The number of benzene rings is 1. The van der Waals surface area contributed by atoms with Gasteiger partial charge in [-0.05, 0) is 43.4 Å². The molecule has 0 heterocycles. The van der Waals surface area contributed by atoms with Crippen molar-refractivity contribution in [3.05, 3.63) is 34.9 Å². The molecule has 94 valence electrons. The minimum Gasteiger partial charge on any atom is -0.353 e. The minimum absolute atomic E-state index is 0.106. The lowest BCUT2D eigenvalue weighted by atomic mass is 10.0. The molecule has 0 saturated carbocycles. The zero-order valence-corrected chi connectivity index (χ0v) is 11.5. The quantitative estimate of drug-likeness (QED) is 0.851. The first-order valence-electron chi connectivity index (χ1n) is 6.25. The van der Waals surface area contributed by atoms with Crippen LogP contribution in [-0.2, 0) is 11.2 Å². The standard InChI is InChI=1S/C15H23NO/c1-10(2)13(5)16-15(17)9-14-7-6-11(3)12(4)8-14/h6-8,10,13H,9H2,1-5H3,(H,16,17)/t13-/m1/s1. The molecule has 1 atom stereocenters. The molecular weight excluding hydrogens is 210 g/mol. The maximum absolute atomic E-state index is 11.8.